The van der Waals surface area contributed by atoms with E-state index in [1.54, 1.807) is 58.3 Å². The fourth-order valence-corrected chi connectivity index (χ4v) is 15.6. The number of nitrogens with zero attached hydrogens (tertiary/aromatic N) is 2. The number of carbonyl (C=O) groups is 13. The van der Waals surface area contributed by atoms with E-state index >= 15 is 0 Å². The Balaban J connectivity index is 0.000000411. The molecule has 21 nitrogen and oxygen atoms in total. The fraction of sp³-hybridized carbons (Fsp3) is 0.602. The first-order valence-electron chi connectivity index (χ1n) is 42.0. The van der Waals surface area contributed by atoms with Gasteiger partial charge in [0.2, 0.25) is 23.6 Å². The van der Waals surface area contributed by atoms with Gasteiger partial charge in [-0.25, -0.2) is 9.59 Å². The third-order valence-electron chi connectivity index (χ3n) is 22.2. The third kappa shape index (κ3) is 30.0. The number of allylic oxidation sites excluding steroid dienone is 9. The van der Waals surface area contributed by atoms with E-state index in [1.807, 2.05) is 120 Å². The van der Waals surface area contributed by atoms with Gasteiger partial charge >= 0.3 is 12.2 Å². The number of ether oxygens (including phenoxy) is 2. The van der Waals surface area contributed by atoms with E-state index in [1.165, 1.54) is 0 Å². The highest BCUT2D eigenvalue weighted by molar-refractivity contribution is 6.25. The number of amides is 6. The van der Waals surface area contributed by atoms with E-state index in [4.69, 9.17) is 9.47 Å². The minimum atomic E-state index is -0.800. The van der Waals surface area contributed by atoms with Crippen molar-refractivity contribution in [3.8, 4) is 0 Å². The Labute approximate surface area is 679 Å². The minimum Gasteiger partial charge on any atom is -0.450 e. The molecule has 2 heterocycles. The first-order chi connectivity index (χ1) is 53.9. The van der Waals surface area contributed by atoms with Gasteiger partial charge in [0.15, 0.2) is 40.5 Å². The van der Waals surface area contributed by atoms with Crippen LogP contribution in [0.3, 0.4) is 0 Å². The molecular formula is C93H134N6O15. The van der Waals surface area contributed by atoms with Gasteiger partial charge in [-0.1, -0.05) is 154 Å². The molecule has 2 saturated heterocycles. The van der Waals surface area contributed by atoms with Crippen molar-refractivity contribution in [1.29, 1.82) is 0 Å². The summed E-state index contributed by atoms with van der Waals surface area (Å²) in [6, 6.07) is 17.2. The highest BCUT2D eigenvalue weighted by Gasteiger charge is 2.41. The Morgan fingerprint density at radius 3 is 1.46 bits per heavy atom. The summed E-state index contributed by atoms with van der Waals surface area (Å²) in [5.74, 6) is -2.97. The number of hydrogen-bond acceptors (Lipinski definition) is 15. The lowest BCUT2D eigenvalue weighted by molar-refractivity contribution is -0.141. The Morgan fingerprint density at radius 2 is 0.982 bits per heavy atom. The molecule has 2 aliphatic carbocycles. The van der Waals surface area contributed by atoms with Gasteiger partial charge < -0.3 is 40.5 Å². The standard InChI is InChI=1S/C50H73N3O8.C43H61N3O7/c1-31(2)27-34(7)22-23-39(29-38-17-12-11-13-18-38)49(59)53-25-15-21-43(53)45(55)30-41(33(5)6)48(58)52-42(44(54)28-32(3)4)20-14-24-51-50(60)61-26-16-19-40-37(10)46(56)35(8)36(9)47(40)57;1-9-53-43(52)45-35(24-27(2)3)22-21-34(25-32-16-11-10-12-17-32)42(51)46-23-15-20-37(46)38(47)26-33(41(50)44-28(4)5)18-13-14-19-36-31(8)39(48)29(6)30(7)40(36)49/h11-13,17-18,22-23,31-34,39,41-43H,14-16,19-21,24-30H2,1-10H3,(H,51,60)(H,52,58);10-12,16-17,21-22,27-28,33-35,37H,9,13-15,18-20,23-26H2,1-8H3,(H,44,50)(H,45,52)/b23-22+;22-21+/t34-,39-,41+,42+,43+;33-,34-,35-,37+/m11/s1. The van der Waals surface area contributed by atoms with Crippen LogP contribution in [0.1, 0.15) is 245 Å². The molecule has 2 aliphatic heterocycles. The van der Waals surface area contributed by atoms with Gasteiger partial charge in [0.05, 0.1) is 49.2 Å². The van der Waals surface area contributed by atoms with Crippen LogP contribution >= 0.6 is 0 Å². The van der Waals surface area contributed by atoms with Gasteiger partial charge in [-0.2, -0.15) is 0 Å². The number of carbonyl (C=O) groups excluding carboxylic acids is 13. The molecule has 2 fully saturated rings. The maximum atomic E-state index is 14.3. The normalized spacial score (nSPS) is 18.1. The van der Waals surface area contributed by atoms with Crippen molar-refractivity contribution < 1.29 is 71.8 Å². The van der Waals surface area contributed by atoms with Gasteiger partial charge in [-0.15, -0.1) is 0 Å². The van der Waals surface area contributed by atoms with Crippen LogP contribution in [-0.2, 0) is 75.1 Å². The second-order valence-electron chi connectivity index (χ2n) is 33.7. The Hall–Kier alpha value is -9.01. The van der Waals surface area contributed by atoms with Crippen LogP contribution in [0.5, 0.6) is 0 Å². The van der Waals surface area contributed by atoms with Crippen molar-refractivity contribution in [1.82, 2.24) is 31.1 Å². The molecule has 2 aromatic carbocycles. The first kappa shape index (κ1) is 95.6. The molecule has 0 unspecified atom stereocenters. The van der Waals surface area contributed by atoms with E-state index in [0.717, 1.165) is 17.5 Å². The number of benzene rings is 2. The van der Waals surface area contributed by atoms with E-state index < -0.39 is 54.0 Å². The van der Waals surface area contributed by atoms with Crippen LogP contribution in [0.25, 0.3) is 0 Å². The average Bonchev–Trinajstić information content (AvgIpc) is 0.999. The van der Waals surface area contributed by atoms with Crippen molar-refractivity contribution in [3.63, 3.8) is 0 Å². The van der Waals surface area contributed by atoms with Gasteiger partial charge in [0, 0.05) is 101 Å². The maximum absolute atomic E-state index is 14.3. The van der Waals surface area contributed by atoms with Crippen LogP contribution in [-0.4, -0.2) is 149 Å². The Kier molecular flexibility index (Phi) is 40.0. The topological polar surface area (TPSA) is 295 Å². The molecule has 9 atom stereocenters. The fourth-order valence-electron chi connectivity index (χ4n) is 15.6. The largest absolute Gasteiger partial charge is 0.450 e. The summed E-state index contributed by atoms with van der Waals surface area (Å²) in [6.45, 7) is 35.2. The molecule has 21 heteroatoms. The summed E-state index contributed by atoms with van der Waals surface area (Å²) in [5.41, 5.74) is 5.81. The number of rotatable bonds is 43. The van der Waals surface area contributed by atoms with Gasteiger partial charge in [0.1, 0.15) is 0 Å². The molecule has 626 valence electrons. The smallest absolute Gasteiger partial charge is 0.407 e. The molecule has 4 N–H and O–H groups in total. The number of likely N-dealkylation sites (tertiary alicyclic amines) is 2. The Morgan fingerprint density at radius 1 is 0.491 bits per heavy atom. The Bertz CT molecular complexity index is 3870. The summed E-state index contributed by atoms with van der Waals surface area (Å²) in [5, 5.41) is 11.5. The van der Waals surface area contributed by atoms with Crippen LogP contribution < -0.4 is 21.3 Å². The predicted octanol–water partition coefficient (Wildman–Crippen LogP) is 15.5. The highest BCUT2D eigenvalue weighted by atomic mass is 16.6. The van der Waals surface area contributed by atoms with E-state index in [2.05, 4.69) is 62.0 Å². The quantitative estimate of drug-likeness (QED) is 0.0273. The zero-order valence-electron chi connectivity index (χ0n) is 71.7. The number of Topliss-reactive ketones (excluding diaryl/α,β-unsaturated/α-hetero) is 7. The van der Waals surface area contributed by atoms with Gasteiger partial charge in [0.25, 0.3) is 0 Å². The van der Waals surface area contributed by atoms with Crippen molar-refractivity contribution in [2.24, 2.45) is 53.3 Å². The van der Waals surface area contributed by atoms with Crippen molar-refractivity contribution in [2.75, 3.05) is 32.8 Å². The highest BCUT2D eigenvalue weighted by Crippen LogP contribution is 2.33. The second-order valence-corrected chi connectivity index (χ2v) is 33.7. The number of alkyl carbamates (subject to hydrolysis) is 2. The van der Waals surface area contributed by atoms with Crippen molar-refractivity contribution in [2.45, 2.75) is 277 Å². The monoisotopic (exact) mass is 1570 g/mol. The number of nitrogens with one attached hydrogen (secondary N) is 4. The zero-order valence-corrected chi connectivity index (χ0v) is 71.7. The summed E-state index contributed by atoms with van der Waals surface area (Å²) in [7, 11) is 0. The third-order valence-corrected chi connectivity index (χ3v) is 22.2. The molecule has 0 saturated carbocycles. The predicted molar refractivity (Wildman–Crippen MR) is 446 cm³/mol. The molecule has 114 heavy (non-hydrogen) atoms. The molecule has 6 rings (SSSR count). The number of hydrogen-bond donors (Lipinski definition) is 4. The van der Waals surface area contributed by atoms with Crippen molar-refractivity contribution in [3.05, 3.63) is 141 Å². The number of unbranched alkanes of at least 4 members (excludes halogenated alkanes) is 1. The van der Waals surface area contributed by atoms with Crippen LogP contribution in [0, 0.1) is 53.3 Å². The van der Waals surface area contributed by atoms with Crippen molar-refractivity contribution >= 4 is 76.3 Å². The second kappa shape index (κ2) is 47.7. The van der Waals surface area contributed by atoms with Crippen LogP contribution in [0.2, 0.25) is 0 Å². The molecule has 2 aromatic rings. The minimum absolute atomic E-state index is 0.00625. The lowest BCUT2D eigenvalue weighted by atomic mass is 9.83. The molecule has 4 aliphatic rings. The lowest BCUT2D eigenvalue weighted by Gasteiger charge is -2.29. The molecule has 0 bridgehead atoms. The van der Waals surface area contributed by atoms with E-state index in [-0.39, 0.29) is 139 Å². The summed E-state index contributed by atoms with van der Waals surface area (Å²) < 4.78 is 10.4. The SMILES string of the molecule is CC1=C(C)C(=O)C(CCCOC(=O)NCCC[C@H](NC(=O)[C@@H](CC(=O)[C@@H]2CCCN2C(=O)[C@H](/C=C/[C@@H](C)CC(C)C)Cc2ccccc2)C(C)C)C(=O)CC(C)C)=C(C)C1=O.CCOC(=O)N[C@H](/C=C/[C@H](Cc1ccccc1)C(=O)N1CCC[C@H]1C(=O)C[C@@H](CCCCC1=C(C)C(=O)C(C)=C(C)C1=O)C(=O)NC(C)C)CC(C)C. The summed E-state index contributed by atoms with van der Waals surface area (Å²) in [6.07, 6.45) is 15.5. The molecule has 0 spiro atoms. The first-order valence-corrected chi connectivity index (χ1v) is 42.0. The van der Waals surface area contributed by atoms with Crippen LogP contribution in [0.4, 0.5) is 9.59 Å². The van der Waals surface area contributed by atoms with E-state index in [0.29, 0.717) is 159 Å². The van der Waals surface area contributed by atoms with E-state index in [9.17, 15) is 62.3 Å². The number of ketones is 7. The van der Waals surface area contributed by atoms with Crippen LogP contribution in [0.15, 0.2) is 130 Å². The summed E-state index contributed by atoms with van der Waals surface area (Å²) in [4.78, 5) is 176. The van der Waals surface area contributed by atoms with Gasteiger partial charge in [-0.3, -0.25) is 52.7 Å². The maximum Gasteiger partial charge on any atom is 0.407 e. The molecular weight excluding hydrogens is 1440 g/mol. The molecule has 6 amide bonds. The zero-order chi connectivity index (χ0) is 84.6. The van der Waals surface area contributed by atoms with Gasteiger partial charge in [-0.05, 0) is 199 Å². The summed E-state index contributed by atoms with van der Waals surface area (Å²) >= 11 is 0. The average molecular weight is 1580 g/mol. The molecule has 0 radical (unpaired) electrons. The lowest BCUT2D eigenvalue weighted by Crippen LogP contribution is -2.48. The molecule has 0 aromatic heterocycles.